The van der Waals surface area contributed by atoms with Crippen molar-refractivity contribution in [1.29, 1.82) is 0 Å². The van der Waals surface area contributed by atoms with Crippen molar-refractivity contribution in [3.05, 3.63) is 71.0 Å². The van der Waals surface area contributed by atoms with E-state index in [4.69, 9.17) is 17.3 Å². The van der Waals surface area contributed by atoms with Crippen LogP contribution in [0.4, 0.5) is 5.82 Å². The fourth-order valence-corrected chi connectivity index (χ4v) is 2.29. The molecule has 0 bridgehead atoms. The summed E-state index contributed by atoms with van der Waals surface area (Å²) in [5, 5.41) is 0.368. The lowest BCUT2D eigenvalue weighted by molar-refractivity contribution is 1.07. The first-order valence-corrected chi connectivity index (χ1v) is 6.89. The first kappa shape index (κ1) is 13.5. The summed E-state index contributed by atoms with van der Waals surface area (Å²) in [6.07, 6.45) is 2.29. The van der Waals surface area contributed by atoms with Crippen molar-refractivity contribution >= 4 is 17.4 Å². The number of aromatic nitrogens is 3. The lowest BCUT2D eigenvalue weighted by Crippen LogP contribution is -2.04. The Kier molecular flexibility index (Phi) is 3.79. The van der Waals surface area contributed by atoms with E-state index >= 15 is 0 Å². The Morgan fingerprint density at radius 3 is 2.38 bits per heavy atom. The van der Waals surface area contributed by atoms with Crippen molar-refractivity contribution in [2.24, 2.45) is 0 Å². The Bertz CT molecular complexity index is 722. The molecular weight excluding hydrogens is 284 g/mol. The minimum Gasteiger partial charge on any atom is -0.383 e. The number of pyridine rings is 1. The molecule has 2 N–H and O–H groups in total. The number of nitrogens with zero attached hydrogens (tertiary/aromatic N) is 3. The molecule has 1 aromatic carbocycles. The van der Waals surface area contributed by atoms with Crippen LogP contribution in [-0.2, 0) is 6.42 Å². The van der Waals surface area contributed by atoms with E-state index in [0.717, 1.165) is 11.1 Å². The number of hydrogen-bond donors (Lipinski definition) is 1. The molecule has 0 fully saturated rings. The molecular formula is C16H13ClN4. The van der Waals surface area contributed by atoms with E-state index in [0.29, 0.717) is 28.9 Å². The van der Waals surface area contributed by atoms with E-state index in [-0.39, 0.29) is 0 Å². The largest absolute Gasteiger partial charge is 0.383 e. The second-order valence-corrected chi connectivity index (χ2v) is 4.94. The van der Waals surface area contributed by atoms with Gasteiger partial charge in [0, 0.05) is 18.2 Å². The number of benzene rings is 1. The highest BCUT2D eigenvalue weighted by Crippen LogP contribution is 2.25. The molecule has 0 saturated carbocycles. The van der Waals surface area contributed by atoms with E-state index in [2.05, 4.69) is 15.0 Å². The molecule has 0 aliphatic carbocycles. The minimum atomic E-state index is 0.368. The predicted octanol–water partition coefficient (Wildman–Crippen LogP) is 3.37. The number of nitrogens with two attached hydrogens (primary N) is 1. The fourth-order valence-electron chi connectivity index (χ4n) is 2.05. The van der Waals surface area contributed by atoms with Crippen LogP contribution in [0.2, 0.25) is 5.15 Å². The van der Waals surface area contributed by atoms with E-state index < -0.39 is 0 Å². The van der Waals surface area contributed by atoms with Crippen LogP contribution >= 0.6 is 11.6 Å². The quantitative estimate of drug-likeness (QED) is 0.753. The molecule has 2 aromatic heterocycles. The van der Waals surface area contributed by atoms with Gasteiger partial charge in [-0.05, 0) is 17.7 Å². The molecule has 2 heterocycles. The number of nitrogen functional groups attached to an aromatic ring is 1. The standard InChI is InChI=1S/C16H13ClN4/c17-14-12(10-11-6-2-1-3-7-11)15(18)21-16(20-14)13-8-4-5-9-19-13/h1-9H,10H2,(H2,18,20,21). The molecule has 0 amide bonds. The number of halogens is 1. The molecule has 0 spiro atoms. The van der Waals surface area contributed by atoms with Crippen LogP contribution in [0.1, 0.15) is 11.1 Å². The van der Waals surface area contributed by atoms with Gasteiger partial charge in [-0.2, -0.15) is 0 Å². The molecule has 3 rings (SSSR count). The van der Waals surface area contributed by atoms with Gasteiger partial charge < -0.3 is 5.73 Å². The maximum absolute atomic E-state index is 6.28. The zero-order valence-corrected chi connectivity index (χ0v) is 12.0. The van der Waals surface area contributed by atoms with E-state index in [1.54, 1.807) is 6.20 Å². The lowest BCUT2D eigenvalue weighted by Gasteiger charge is -2.09. The third-order valence-electron chi connectivity index (χ3n) is 3.11. The first-order chi connectivity index (χ1) is 10.2. The number of rotatable bonds is 3. The van der Waals surface area contributed by atoms with E-state index in [9.17, 15) is 0 Å². The Hall–Kier alpha value is -2.46. The van der Waals surface area contributed by atoms with Crippen LogP contribution in [0.5, 0.6) is 0 Å². The maximum Gasteiger partial charge on any atom is 0.181 e. The van der Waals surface area contributed by atoms with Gasteiger partial charge in [-0.3, -0.25) is 4.98 Å². The van der Waals surface area contributed by atoms with Crippen molar-refractivity contribution in [1.82, 2.24) is 15.0 Å². The Morgan fingerprint density at radius 2 is 1.71 bits per heavy atom. The zero-order valence-electron chi connectivity index (χ0n) is 11.2. The molecule has 0 unspecified atom stereocenters. The molecule has 3 aromatic rings. The van der Waals surface area contributed by atoms with Crippen molar-refractivity contribution < 1.29 is 0 Å². The van der Waals surface area contributed by atoms with Gasteiger partial charge in [-0.25, -0.2) is 9.97 Å². The summed E-state index contributed by atoms with van der Waals surface area (Å²) < 4.78 is 0. The maximum atomic E-state index is 6.28. The van der Waals surface area contributed by atoms with Gasteiger partial charge in [0.05, 0.1) is 0 Å². The van der Waals surface area contributed by atoms with E-state index in [1.807, 2.05) is 48.5 Å². The van der Waals surface area contributed by atoms with Crippen LogP contribution in [0.25, 0.3) is 11.5 Å². The lowest BCUT2D eigenvalue weighted by atomic mass is 10.1. The highest BCUT2D eigenvalue weighted by atomic mass is 35.5. The van der Waals surface area contributed by atoms with Crippen molar-refractivity contribution in [2.45, 2.75) is 6.42 Å². The van der Waals surface area contributed by atoms with Crippen LogP contribution < -0.4 is 5.73 Å². The molecule has 5 heteroatoms. The van der Waals surface area contributed by atoms with Gasteiger partial charge in [0.25, 0.3) is 0 Å². The molecule has 104 valence electrons. The van der Waals surface area contributed by atoms with Gasteiger partial charge in [0.1, 0.15) is 16.7 Å². The summed E-state index contributed by atoms with van der Waals surface area (Å²) in [7, 11) is 0. The summed E-state index contributed by atoms with van der Waals surface area (Å²) in [6.45, 7) is 0. The molecule has 21 heavy (non-hydrogen) atoms. The Labute approximate surface area is 127 Å². The third kappa shape index (κ3) is 3.01. The molecule has 0 saturated heterocycles. The summed E-state index contributed by atoms with van der Waals surface area (Å²) in [6, 6.07) is 15.5. The first-order valence-electron chi connectivity index (χ1n) is 6.51. The van der Waals surface area contributed by atoms with E-state index in [1.165, 1.54) is 0 Å². The SMILES string of the molecule is Nc1nc(-c2ccccn2)nc(Cl)c1Cc1ccccc1. The predicted molar refractivity (Wildman–Crippen MR) is 83.9 cm³/mol. The number of anilines is 1. The highest BCUT2D eigenvalue weighted by molar-refractivity contribution is 6.30. The van der Waals surface area contributed by atoms with Crippen molar-refractivity contribution in [3.8, 4) is 11.5 Å². The number of hydrogen-bond acceptors (Lipinski definition) is 4. The Morgan fingerprint density at radius 1 is 0.952 bits per heavy atom. The molecule has 0 atom stereocenters. The summed E-state index contributed by atoms with van der Waals surface area (Å²) in [4.78, 5) is 12.8. The average molecular weight is 297 g/mol. The van der Waals surface area contributed by atoms with Gasteiger partial charge in [-0.1, -0.05) is 48.0 Å². The fraction of sp³-hybridized carbons (Fsp3) is 0.0625. The topological polar surface area (TPSA) is 64.7 Å². The third-order valence-corrected chi connectivity index (χ3v) is 3.42. The summed E-state index contributed by atoms with van der Waals surface area (Å²) in [5.41, 5.74) is 8.54. The van der Waals surface area contributed by atoms with Gasteiger partial charge in [0.15, 0.2) is 5.82 Å². The molecule has 0 radical (unpaired) electrons. The van der Waals surface area contributed by atoms with Crippen molar-refractivity contribution in [2.75, 3.05) is 5.73 Å². The van der Waals surface area contributed by atoms with Gasteiger partial charge in [0.2, 0.25) is 0 Å². The molecule has 4 nitrogen and oxygen atoms in total. The summed E-state index contributed by atoms with van der Waals surface area (Å²) >= 11 is 6.28. The van der Waals surface area contributed by atoms with Crippen LogP contribution in [0.3, 0.4) is 0 Å². The van der Waals surface area contributed by atoms with Crippen LogP contribution in [0.15, 0.2) is 54.7 Å². The Balaban J connectivity index is 1.97. The highest BCUT2D eigenvalue weighted by Gasteiger charge is 2.13. The average Bonchev–Trinajstić information content (AvgIpc) is 2.52. The van der Waals surface area contributed by atoms with Crippen molar-refractivity contribution in [3.63, 3.8) is 0 Å². The zero-order chi connectivity index (χ0) is 14.7. The summed E-state index contributed by atoms with van der Waals surface area (Å²) in [5.74, 6) is 0.828. The minimum absolute atomic E-state index is 0.368. The van der Waals surface area contributed by atoms with Crippen LogP contribution in [0, 0.1) is 0 Å². The monoisotopic (exact) mass is 296 g/mol. The smallest absolute Gasteiger partial charge is 0.181 e. The van der Waals surface area contributed by atoms with Gasteiger partial charge >= 0.3 is 0 Å². The molecule has 0 aliphatic heterocycles. The second kappa shape index (κ2) is 5.89. The molecule has 0 aliphatic rings. The van der Waals surface area contributed by atoms with Crippen LogP contribution in [-0.4, -0.2) is 15.0 Å². The second-order valence-electron chi connectivity index (χ2n) is 4.58. The van der Waals surface area contributed by atoms with Gasteiger partial charge in [-0.15, -0.1) is 0 Å². The normalized spacial score (nSPS) is 10.5.